The number of rotatable bonds is 5. The second-order valence-corrected chi connectivity index (χ2v) is 6.42. The van der Waals surface area contributed by atoms with Crippen LogP contribution >= 0.6 is 11.3 Å². The largest absolute Gasteiger partial charge is 0.305 e. The fourth-order valence-electron chi connectivity index (χ4n) is 3.05. The molecule has 0 spiro atoms. The van der Waals surface area contributed by atoms with Gasteiger partial charge in [0.25, 0.3) is 0 Å². The molecule has 1 saturated carbocycles. The van der Waals surface area contributed by atoms with E-state index in [0.29, 0.717) is 6.04 Å². The summed E-state index contributed by atoms with van der Waals surface area (Å²) in [5.74, 6) is 0.801. The molecule has 1 atom stereocenters. The second kappa shape index (κ2) is 5.88. The van der Waals surface area contributed by atoms with Crippen molar-refractivity contribution >= 4 is 11.3 Å². The molecule has 1 aliphatic carbocycles. The van der Waals surface area contributed by atoms with Crippen LogP contribution in [0, 0.1) is 5.92 Å². The third kappa shape index (κ3) is 3.07. The summed E-state index contributed by atoms with van der Waals surface area (Å²) in [6.45, 7) is 0.910. The molecule has 2 heterocycles. The molecule has 1 N–H and O–H groups in total. The van der Waals surface area contributed by atoms with Gasteiger partial charge in [-0.2, -0.15) is 5.10 Å². The van der Waals surface area contributed by atoms with Crippen molar-refractivity contribution in [1.82, 2.24) is 15.1 Å². The molecular formula is C15H21N3S. The first-order valence-electron chi connectivity index (χ1n) is 7.07. The fourth-order valence-corrected chi connectivity index (χ4v) is 3.94. The molecule has 0 amide bonds. The van der Waals surface area contributed by atoms with Crippen LogP contribution in [0.15, 0.2) is 29.9 Å². The lowest BCUT2D eigenvalue weighted by molar-refractivity contribution is 0.371. The van der Waals surface area contributed by atoms with E-state index in [1.807, 2.05) is 29.3 Å². The highest BCUT2D eigenvalue weighted by atomic mass is 32.1. The van der Waals surface area contributed by atoms with Gasteiger partial charge >= 0.3 is 0 Å². The topological polar surface area (TPSA) is 29.9 Å². The third-order valence-corrected chi connectivity index (χ3v) is 4.96. The predicted molar refractivity (Wildman–Crippen MR) is 79.1 cm³/mol. The predicted octanol–water partition coefficient (Wildman–Crippen LogP) is 3.50. The van der Waals surface area contributed by atoms with E-state index in [2.05, 4.69) is 34.1 Å². The zero-order valence-corrected chi connectivity index (χ0v) is 12.2. The van der Waals surface area contributed by atoms with Crippen molar-refractivity contribution in [3.8, 4) is 0 Å². The summed E-state index contributed by atoms with van der Waals surface area (Å²) in [6.07, 6.45) is 9.55. The lowest BCUT2D eigenvalue weighted by Gasteiger charge is -2.23. The number of aromatic nitrogens is 2. The molecule has 0 bridgehead atoms. The summed E-state index contributed by atoms with van der Waals surface area (Å²) in [6, 6.07) is 4.94. The molecule has 4 heteroatoms. The number of hydrogen-bond acceptors (Lipinski definition) is 3. The van der Waals surface area contributed by atoms with Crippen LogP contribution in [-0.4, -0.2) is 9.78 Å². The van der Waals surface area contributed by atoms with E-state index in [4.69, 9.17) is 0 Å². The highest BCUT2D eigenvalue weighted by molar-refractivity contribution is 7.10. The summed E-state index contributed by atoms with van der Waals surface area (Å²) < 4.78 is 1.87. The molecule has 0 radical (unpaired) electrons. The summed E-state index contributed by atoms with van der Waals surface area (Å²) in [5.41, 5.74) is 1.27. The minimum absolute atomic E-state index is 0.516. The van der Waals surface area contributed by atoms with Gasteiger partial charge < -0.3 is 5.32 Å². The van der Waals surface area contributed by atoms with E-state index >= 15 is 0 Å². The van der Waals surface area contributed by atoms with Gasteiger partial charge in [0.1, 0.15) is 0 Å². The minimum Gasteiger partial charge on any atom is -0.305 e. The van der Waals surface area contributed by atoms with Gasteiger partial charge in [0.05, 0.1) is 6.20 Å². The van der Waals surface area contributed by atoms with Crippen LogP contribution in [0.25, 0.3) is 0 Å². The van der Waals surface area contributed by atoms with Crippen LogP contribution in [0.4, 0.5) is 0 Å². The highest BCUT2D eigenvalue weighted by Gasteiger charge is 2.26. The Morgan fingerprint density at radius 1 is 1.47 bits per heavy atom. The van der Waals surface area contributed by atoms with Crippen LogP contribution in [0.1, 0.15) is 42.2 Å². The first-order chi connectivity index (χ1) is 9.33. The van der Waals surface area contributed by atoms with Gasteiger partial charge in [0.15, 0.2) is 0 Å². The average molecular weight is 275 g/mol. The number of thiophene rings is 1. The van der Waals surface area contributed by atoms with Gasteiger partial charge in [-0.1, -0.05) is 18.9 Å². The van der Waals surface area contributed by atoms with Crippen LogP contribution in [0.2, 0.25) is 0 Å². The van der Waals surface area contributed by atoms with Crippen LogP contribution < -0.4 is 5.32 Å². The quantitative estimate of drug-likeness (QED) is 0.905. The summed E-state index contributed by atoms with van der Waals surface area (Å²) >= 11 is 1.87. The SMILES string of the molecule is Cn1cc(CNC(c2cccs2)C2CCCC2)cn1. The maximum absolute atomic E-state index is 4.23. The first-order valence-corrected chi connectivity index (χ1v) is 7.95. The maximum Gasteiger partial charge on any atom is 0.0534 e. The van der Waals surface area contributed by atoms with Crippen LogP contribution in [0.5, 0.6) is 0 Å². The second-order valence-electron chi connectivity index (χ2n) is 5.44. The van der Waals surface area contributed by atoms with Crippen molar-refractivity contribution in [2.75, 3.05) is 0 Å². The Bertz CT molecular complexity index is 497. The molecule has 102 valence electrons. The third-order valence-electron chi connectivity index (χ3n) is 4.01. The van der Waals surface area contributed by atoms with Gasteiger partial charge in [0, 0.05) is 36.3 Å². The molecule has 0 aromatic carbocycles. The van der Waals surface area contributed by atoms with E-state index in [1.54, 1.807) is 0 Å². The van der Waals surface area contributed by atoms with Crippen molar-refractivity contribution in [3.05, 3.63) is 40.3 Å². The molecule has 3 rings (SSSR count). The zero-order valence-electron chi connectivity index (χ0n) is 11.4. The van der Waals surface area contributed by atoms with Gasteiger partial charge in [-0.25, -0.2) is 0 Å². The first kappa shape index (κ1) is 12.9. The van der Waals surface area contributed by atoms with E-state index in [9.17, 15) is 0 Å². The maximum atomic E-state index is 4.23. The normalized spacial score (nSPS) is 17.9. The van der Waals surface area contributed by atoms with E-state index < -0.39 is 0 Å². The summed E-state index contributed by atoms with van der Waals surface area (Å²) in [7, 11) is 1.97. The number of nitrogens with one attached hydrogen (secondary N) is 1. The lowest BCUT2D eigenvalue weighted by Crippen LogP contribution is -2.26. The standard InChI is InChI=1S/C15H21N3S/c1-18-11-12(10-17-18)9-16-15(13-5-2-3-6-13)14-7-4-8-19-14/h4,7-8,10-11,13,15-16H,2-3,5-6,9H2,1H3. The molecular weight excluding hydrogens is 254 g/mol. The van der Waals surface area contributed by atoms with Gasteiger partial charge in [-0.3, -0.25) is 4.68 Å². The monoisotopic (exact) mass is 275 g/mol. The summed E-state index contributed by atoms with van der Waals surface area (Å²) in [5, 5.41) is 10.2. The fraction of sp³-hybridized carbons (Fsp3) is 0.533. The molecule has 2 aromatic heterocycles. The van der Waals surface area contributed by atoms with Crippen molar-refractivity contribution in [1.29, 1.82) is 0 Å². The number of hydrogen-bond donors (Lipinski definition) is 1. The molecule has 1 fully saturated rings. The minimum atomic E-state index is 0.516. The van der Waals surface area contributed by atoms with Crippen LogP contribution in [0.3, 0.4) is 0 Å². The van der Waals surface area contributed by atoms with Crippen molar-refractivity contribution < 1.29 is 0 Å². The Labute approximate surface area is 118 Å². The van der Waals surface area contributed by atoms with Crippen LogP contribution in [-0.2, 0) is 13.6 Å². The molecule has 3 nitrogen and oxygen atoms in total. The van der Waals surface area contributed by atoms with Gasteiger partial charge in [0.2, 0.25) is 0 Å². The van der Waals surface area contributed by atoms with E-state index in [0.717, 1.165) is 12.5 Å². The highest BCUT2D eigenvalue weighted by Crippen LogP contribution is 2.37. The van der Waals surface area contributed by atoms with Gasteiger partial charge in [-0.15, -0.1) is 11.3 Å². The molecule has 19 heavy (non-hydrogen) atoms. The van der Waals surface area contributed by atoms with Crippen molar-refractivity contribution in [2.24, 2.45) is 13.0 Å². The van der Waals surface area contributed by atoms with Crippen molar-refractivity contribution in [3.63, 3.8) is 0 Å². The number of nitrogens with zero attached hydrogens (tertiary/aromatic N) is 2. The number of aryl methyl sites for hydroxylation is 1. The Kier molecular flexibility index (Phi) is 3.99. The molecule has 0 aliphatic heterocycles. The van der Waals surface area contributed by atoms with Gasteiger partial charge in [-0.05, 0) is 30.2 Å². The van der Waals surface area contributed by atoms with Crippen molar-refractivity contribution in [2.45, 2.75) is 38.3 Å². The zero-order chi connectivity index (χ0) is 13.1. The van der Waals surface area contributed by atoms with E-state index in [1.165, 1.54) is 36.1 Å². The molecule has 2 aromatic rings. The lowest BCUT2D eigenvalue weighted by atomic mass is 9.96. The van der Waals surface area contributed by atoms with E-state index in [-0.39, 0.29) is 0 Å². The smallest absolute Gasteiger partial charge is 0.0534 e. The molecule has 1 unspecified atom stereocenters. The molecule has 0 saturated heterocycles. The Hall–Kier alpha value is -1.13. The molecule has 1 aliphatic rings. The Balaban J connectivity index is 1.68. The Morgan fingerprint density at radius 2 is 2.32 bits per heavy atom. The average Bonchev–Trinajstić information content (AvgIpc) is 3.11. The Morgan fingerprint density at radius 3 is 2.95 bits per heavy atom. The summed E-state index contributed by atoms with van der Waals surface area (Å²) in [4.78, 5) is 1.48.